The maximum atomic E-state index is 4.14. The second kappa shape index (κ2) is 8.24. The number of rotatable bonds is 6. The third kappa shape index (κ3) is 4.54. The van der Waals surface area contributed by atoms with Gasteiger partial charge in [0.15, 0.2) is 0 Å². The third-order valence-corrected chi connectivity index (χ3v) is 2.74. The number of allylic oxidation sites excluding steroid dienone is 5. The number of aliphatic imine (C=N–C) groups is 1. The fourth-order valence-corrected chi connectivity index (χ4v) is 1.72. The molecule has 1 nitrogen and oxygen atoms in total. The number of hydrogen-bond acceptors (Lipinski definition) is 1. The van der Waals surface area contributed by atoms with Gasteiger partial charge in [0.1, 0.15) is 0 Å². The summed E-state index contributed by atoms with van der Waals surface area (Å²) in [4.78, 5) is 4.14. The van der Waals surface area contributed by atoms with Crippen LogP contribution in [0.3, 0.4) is 0 Å². The number of nitrogens with zero attached hydrogens (tertiary/aromatic N) is 1. The van der Waals surface area contributed by atoms with Gasteiger partial charge in [-0.1, -0.05) is 61.6 Å². The van der Waals surface area contributed by atoms with E-state index >= 15 is 0 Å². The first kappa shape index (κ1) is 14.2. The quantitative estimate of drug-likeness (QED) is 0.503. The zero-order valence-electron chi connectivity index (χ0n) is 11.3. The molecule has 1 aromatic rings. The van der Waals surface area contributed by atoms with Gasteiger partial charge in [-0.2, -0.15) is 0 Å². The van der Waals surface area contributed by atoms with Crippen LogP contribution in [0.2, 0.25) is 0 Å². The Balaban J connectivity index is 2.85. The summed E-state index contributed by atoms with van der Waals surface area (Å²) in [5, 5.41) is 0. The fourth-order valence-electron chi connectivity index (χ4n) is 1.72. The fraction of sp³-hybridized carbons (Fsp3) is 0.235. The zero-order chi connectivity index (χ0) is 13.2. The van der Waals surface area contributed by atoms with Crippen LogP contribution in [0.4, 0.5) is 0 Å². The highest BCUT2D eigenvalue weighted by molar-refractivity contribution is 5.40. The molecule has 0 bridgehead atoms. The molecule has 0 radical (unpaired) electrons. The maximum Gasteiger partial charge on any atom is 0.0617 e. The van der Waals surface area contributed by atoms with Crippen molar-refractivity contribution in [3.63, 3.8) is 0 Å². The third-order valence-electron chi connectivity index (χ3n) is 2.74. The molecule has 0 spiro atoms. The smallest absolute Gasteiger partial charge is 0.0617 e. The molecular weight excluding hydrogens is 218 g/mol. The van der Waals surface area contributed by atoms with E-state index in [0.29, 0.717) is 0 Å². The Morgan fingerprint density at radius 2 is 2.00 bits per heavy atom. The summed E-state index contributed by atoms with van der Waals surface area (Å²) >= 11 is 0. The van der Waals surface area contributed by atoms with Crippen LogP contribution >= 0.6 is 0 Å². The summed E-state index contributed by atoms with van der Waals surface area (Å²) in [6.45, 7) is 7.82. The maximum absolute atomic E-state index is 4.14. The van der Waals surface area contributed by atoms with Crippen LogP contribution < -0.4 is 0 Å². The monoisotopic (exact) mass is 239 g/mol. The van der Waals surface area contributed by atoms with E-state index in [2.05, 4.69) is 55.1 Å². The molecule has 1 rings (SSSR count). The van der Waals surface area contributed by atoms with Crippen molar-refractivity contribution in [1.29, 1.82) is 0 Å². The largest absolute Gasteiger partial charge is 0.265 e. The van der Waals surface area contributed by atoms with E-state index in [-0.39, 0.29) is 0 Å². The average molecular weight is 239 g/mol. The van der Waals surface area contributed by atoms with E-state index in [1.165, 1.54) is 11.1 Å². The SMILES string of the molecule is C=NC(=C\Cc1ccccc1)/C(=C/C=C\C)CC. The van der Waals surface area contributed by atoms with E-state index in [0.717, 1.165) is 18.5 Å². The van der Waals surface area contributed by atoms with Crippen LogP contribution in [0.15, 0.2) is 70.9 Å². The lowest BCUT2D eigenvalue weighted by Gasteiger charge is -2.04. The molecule has 0 N–H and O–H groups in total. The van der Waals surface area contributed by atoms with Crippen LogP contribution in [0.1, 0.15) is 25.8 Å². The summed E-state index contributed by atoms with van der Waals surface area (Å²) in [5.74, 6) is 0. The Bertz CT molecular complexity index is 450. The average Bonchev–Trinajstić information content (AvgIpc) is 2.43. The van der Waals surface area contributed by atoms with Crippen molar-refractivity contribution in [2.45, 2.75) is 26.7 Å². The van der Waals surface area contributed by atoms with E-state index < -0.39 is 0 Å². The summed E-state index contributed by atoms with van der Waals surface area (Å²) in [6.07, 6.45) is 10.2. The predicted molar refractivity (Wildman–Crippen MR) is 81.0 cm³/mol. The molecule has 18 heavy (non-hydrogen) atoms. The van der Waals surface area contributed by atoms with Gasteiger partial charge >= 0.3 is 0 Å². The van der Waals surface area contributed by atoms with Gasteiger partial charge in [0, 0.05) is 0 Å². The standard InChI is InChI=1S/C17H21N/c1-4-6-12-16(5-2)17(18-3)14-13-15-10-8-7-9-11-15/h4,6-12,14H,3,5,13H2,1-2H3/b6-4-,16-12+,17-14-. The summed E-state index contributed by atoms with van der Waals surface area (Å²) in [6, 6.07) is 10.4. The minimum absolute atomic E-state index is 0.891. The molecular formula is C17H21N. The van der Waals surface area contributed by atoms with Crippen molar-refractivity contribution in [3.05, 3.63) is 71.5 Å². The number of hydrogen-bond donors (Lipinski definition) is 0. The van der Waals surface area contributed by atoms with Crippen LogP contribution in [-0.4, -0.2) is 6.72 Å². The zero-order valence-corrected chi connectivity index (χ0v) is 11.3. The van der Waals surface area contributed by atoms with Gasteiger partial charge in [-0.15, -0.1) is 0 Å². The molecule has 94 valence electrons. The topological polar surface area (TPSA) is 12.4 Å². The lowest BCUT2D eigenvalue weighted by molar-refractivity contribution is 1.07. The van der Waals surface area contributed by atoms with Gasteiger partial charge in [-0.05, 0) is 37.6 Å². The minimum Gasteiger partial charge on any atom is -0.265 e. The van der Waals surface area contributed by atoms with Crippen molar-refractivity contribution in [2.24, 2.45) is 4.99 Å². The molecule has 0 fully saturated rings. The van der Waals surface area contributed by atoms with Gasteiger partial charge in [0.2, 0.25) is 0 Å². The van der Waals surface area contributed by atoms with E-state index in [4.69, 9.17) is 0 Å². The summed E-state index contributed by atoms with van der Waals surface area (Å²) in [7, 11) is 0. The highest BCUT2D eigenvalue weighted by atomic mass is 14.7. The summed E-state index contributed by atoms with van der Waals surface area (Å²) in [5.41, 5.74) is 3.50. The molecule has 0 saturated carbocycles. The summed E-state index contributed by atoms with van der Waals surface area (Å²) < 4.78 is 0. The minimum atomic E-state index is 0.891. The Morgan fingerprint density at radius 3 is 2.56 bits per heavy atom. The Hall–Kier alpha value is -1.89. The lowest BCUT2D eigenvalue weighted by atomic mass is 10.1. The van der Waals surface area contributed by atoms with Gasteiger partial charge < -0.3 is 0 Å². The van der Waals surface area contributed by atoms with Crippen molar-refractivity contribution in [1.82, 2.24) is 0 Å². The van der Waals surface area contributed by atoms with Crippen molar-refractivity contribution in [2.75, 3.05) is 0 Å². The number of benzene rings is 1. The van der Waals surface area contributed by atoms with E-state index in [1.807, 2.05) is 25.1 Å². The molecule has 0 amide bonds. The first-order chi connectivity index (χ1) is 8.81. The molecule has 0 aliphatic rings. The molecule has 0 aromatic heterocycles. The molecule has 0 aliphatic heterocycles. The van der Waals surface area contributed by atoms with Gasteiger partial charge in [0.05, 0.1) is 5.70 Å². The van der Waals surface area contributed by atoms with Gasteiger partial charge in [-0.3, -0.25) is 4.99 Å². The molecule has 0 unspecified atom stereocenters. The first-order valence-corrected chi connectivity index (χ1v) is 6.34. The van der Waals surface area contributed by atoms with Crippen molar-refractivity contribution < 1.29 is 0 Å². The van der Waals surface area contributed by atoms with Crippen LogP contribution in [0.25, 0.3) is 0 Å². The molecule has 1 heteroatoms. The highest BCUT2D eigenvalue weighted by Gasteiger charge is 1.99. The van der Waals surface area contributed by atoms with Crippen LogP contribution in [0.5, 0.6) is 0 Å². The Morgan fingerprint density at radius 1 is 1.28 bits per heavy atom. The van der Waals surface area contributed by atoms with Gasteiger partial charge in [0.25, 0.3) is 0 Å². The van der Waals surface area contributed by atoms with Gasteiger partial charge in [-0.25, -0.2) is 0 Å². The lowest BCUT2D eigenvalue weighted by Crippen LogP contribution is -1.88. The van der Waals surface area contributed by atoms with Crippen LogP contribution in [0, 0.1) is 0 Å². The molecule has 0 atom stereocenters. The van der Waals surface area contributed by atoms with E-state index in [1.54, 1.807) is 0 Å². The normalized spacial score (nSPS) is 13.0. The van der Waals surface area contributed by atoms with E-state index in [9.17, 15) is 0 Å². The molecule has 0 aliphatic carbocycles. The predicted octanol–water partition coefficient (Wildman–Crippen LogP) is 4.73. The molecule has 0 heterocycles. The first-order valence-electron chi connectivity index (χ1n) is 6.34. The van der Waals surface area contributed by atoms with Crippen molar-refractivity contribution in [3.8, 4) is 0 Å². The Labute approximate surface area is 110 Å². The van der Waals surface area contributed by atoms with Crippen LogP contribution in [-0.2, 0) is 6.42 Å². The highest BCUT2D eigenvalue weighted by Crippen LogP contribution is 2.16. The van der Waals surface area contributed by atoms with Crippen molar-refractivity contribution >= 4 is 6.72 Å². The molecule has 0 saturated heterocycles. The second-order valence-electron chi connectivity index (χ2n) is 4.01. The molecule has 1 aromatic carbocycles. The Kier molecular flexibility index (Phi) is 6.49. The second-order valence-corrected chi connectivity index (χ2v) is 4.01.